The Hall–Kier alpha value is -3.90. The number of nitrogens with zero attached hydrogens (tertiary/aromatic N) is 5. The number of aromatic nitrogens is 3. The van der Waals surface area contributed by atoms with Gasteiger partial charge in [0.15, 0.2) is 0 Å². The Kier molecular flexibility index (Phi) is 3.49. The predicted octanol–water partition coefficient (Wildman–Crippen LogP) is 3.48. The van der Waals surface area contributed by atoms with Gasteiger partial charge in [-0.05, 0) is 23.8 Å². The van der Waals surface area contributed by atoms with Crippen LogP contribution in [-0.4, -0.2) is 14.8 Å². The molecule has 6 heteroatoms. The third-order valence-corrected chi connectivity index (χ3v) is 3.99. The van der Waals surface area contributed by atoms with Gasteiger partial charge in [-0.3, -0.25) is 0 Å². The van der Waals surface area contributed by atoms with Crippen molar-refractivity contribution in [3.63, 3.8) is 0 Å². The van der Waals surface area contributed by atoms with Crippen LogP contribution in [0.15, 0.2) is 59.5 Å². The Morgan fingerprint density at radius 2 is 1.96 bits per heavy atom. The zero-order chi connectivity index (χ0) is 17.2. The summed E-state index contributed by atoms with van der Waals surface area (Å²) in [6.07, 6.45) is 3.02. The van der Waals surface area contributed by atoms with E-state index in [9.17, 15) is 10.5 Å². The summed E-state index contributed by atoms with van der Waals surface area (Å²) in [5, 5.41) is 24.2. The fourth-order valence-electron chi connectivity index (χ4n) is 2.85. The van der Waals surface area contributed by atoms with E-state index in [2.05, 4.69) is 22.2 Å². The van der Waals surface area contributed by atoms with Crippen LogP contribution in [0.3, 0.4) is 0 Å². The lowest BCUT2D eigenvalue weighted by Crippen LogP contribution is -2.04. The molecule has 4 rings (SSSR count). The Morgan fingerprint density at radius 1 is 1.08 bits per heavy atom. The first-order valence-corrected chi connectivity index (χ1v) is 7.57. The second kappa shape index (κ2) is 5.95. The molecule has 0 unspecified atom stereocenters. The topological polar surface area (TPSA) is 91.4 Å². The van der Waals surface area contributed by atoms with Gasteiger partial charge in [-0.15, -0.1) is 0 Å². The minimum atomic E-state index is 0.391. The van der Waals surface area contributed by atoms with Crippen LogP contribution in [0.25, 0.3) is 22.3 Å². The molecule has 0 saturated heterocycles. The summed E-state index contributed by atoms with van der Waals surface area (Å²) in [5.41, 5.74) is 2.79. The third kappa shape index (κ3) is 2.52. The van der Waals surface area contributed by atoms with Crippen LogP contribution in [0.4, 0.5) is 0 Å². The molecule has 0 aliphatic rings. The van der Waals surface area contributed by atoms with E-state index in [1.54, 1.807) is 23.1 Å². The smallest absolute Gasteiger partial charge is 0.138 e. The van der Waals surface area contributed by atoms with E-state index in [0.717, 1.165) is 10.9 Å². The molecule has 0 amide bonds. The van der Waals surface area contributed by atoms with Crippen LogP contribution < -0.4 is 0 Å². The Balaban J connectivity index is 1.93. The summed E-state index contributed by atoms with van der Waals surface area (Å²) < 4.78 is 7.52. The standard InChI is InChI=1S/C19H11N5O/c20-8-14-5-6-15(10-24-12-22-11-23-24)16(9-21)19(14)18-7-13-3-1-2-4-17(13)25-18/h1-7,11-12H,10H2. The zero-order valence-electron chi connectivity index (χ0n) is 13.0. The fraction of sp³-hybridized carbons (Fsp3) is 0.0526. The van der Waals surface area contributed by atoms with E-state index in [-0.39, 0.29) is 0 Å². The van der Waals surface area contributed by atoms with Crippen LogP contribution in [0.1, 0.15) is 16.7 Å². The van der Waals surface area contributed by atoms with Crippen LogP contribution in [-0.2, 0) is 6.54 Å². The quantitative estimate of drug-likeness (QED) is 0.575. The molecule has 6 nitrogen and oxygen atoms in total. The molecular weight excluding hydrogens is 314 g/mol. The molecular formula is C19H11N5O. The van der Waals surface area contributed by atoms with Crippen molar-refractivity contribution in [2.24, 2.45) is 0 Å². The van der Waals surface area contributed by atoms with Crippen LogP contribution >= 0.6 is 0 Å². The number of para-hydroxylation sites is 1. The van der Waals surface area contributed by atoms with Gasteiger partial charge in [0.2, 0.25) is 0 Å². The van der Waals surface area contributed by atoms with Crippen LogP contribution in [0, 0.1) is 22.7 Å². The van der Waals surface area contributed by atoms with E-state index >= 15 is 0 Å². The van der Waals surface area contributed by atoms with E-state index in [1.807, 2.05) is 30.3 Å². The van der Waals surface area contributed by atoms with E-state index in [4.69, 9.17) is 4.42 Å². The first kappa shape index (κ1) is 14.7. The van der Waals surface area contributed by atoms with E-state index in [1.165, 1.54) is 6.33 Å². The number of hydrogen-bond donors (Lipinski definition) is 0. The average Bonchev–Trinajstić information content (AvgIpc) is 3.30. The van der Waals surface area contributed by atoms with Crippen molar-refractivity contribution in [2.75, 3.05) is 0 Å². The molecule has 0 fully saturated rings. The first-order valence-electron chi connectivity index (χ1n) is 7.57. The highest BCUT2D eigenvalue weighted by atomic mass is 16.3. The molecule has 25 heavy (non-hydrogen) atoms. The molecule has 0 saturated carbocycles. The lowest BCUT2D eigenvalue weighted by atomic mass is 9.95. The van der Waals surface area contributed by atoms with E-state index in [0.29, 0.717) is 34.6 Å². The maximum atomic E-state index is 9.74. The maximum absolute atomic E-state index is 9.74. The highest BCUT2D eigenvalue weighted by Crippen LogP contribution is 2.34. The summed E-state index contributed by atoms with van der Waals surface area (Å²) in [6.45, 7) is 0.391. The lowest BCUT2D eigenvalue weighted by molar-refractivity contribution is 0.630. The van der Waals surface area contributed by atoms with Crippen molar-refractivity contribution in [2.45, 2.75) is 6.54 Å². The van der Waals surface area contributed by atoms with Crippen molar-refractivity contribution in [3.05, 3.63) is 71.8 Å². The van der Waals surface area contributed by atoms with Crippen molar-refractivity contribution in [3.8, 4) is 23.5 Å². The molecule has 0 aliphatic heterocycles. The molecule has 0 aliphatic carbocycles. The summed E-state index contributed by atoms with van der Waals surface area (Å²) in [6, 6.07) is 17.3. The molecule has 2 heterocycles. The number of fused-ring (bicyclic) bond motifs is 1. The minimum absolute atomic E-state index is 0.391. The first-order chi connectivity index (χ1) is 12.3. The van der Waals surface area contributed by atoms with Gasteiger partial charge >= 0.3 is 0 Å². The van der Waals surface area contributed by atoms with Gasteiger partial charge < -0.3 is 4.42 Å². The van der Waals surface area contributed by atoms with Gasteiger partial charge in [-0.1, -0.05) is 24.3 Å². The molecule has 0 N–H and O–H groups in total. The SMILES string of the molecule is N#Cc1ccc(Cn2cncn2)c(C#N)c1-c1cc2ccccc2o1. The lowest BCUT2D eigenvalue weighted by Gasteiger charge is -2.09. The number of furan rings is 1. The summed E-state index contributed by atoms with van der Waals surface area (Å²) >= 11 is 0. The van der Waals surface area contributed by atoms with Gasteiger partial charge in [0.05, 0.1) is 29.3 Å². The van der Waals surface area contributed by atoms with Crippen molar-refractivity contribution in [1.82, 2.24) is 14.8 Å². The Bertz CT molecular complexity index is 1110. The third-order valence-electron chi connectivity index (χ3n) is 3.99. The molecule has 0 atom stereocenters. The number of benzene rings is 2. The zero-order valence-corrected chi connectivity index (χ0v) is 13.0. The van der Waals surface area contributed by atoms with Crippen LogP contribution in [0.5, 0.6) is 0 Å². The average molecular weight is 325 g/mol. The fourth-order valence-corrected chi connectivity index (χ4v) is 2.85. The van der Waals surface area contributed by atoms with Gasteiger partial charge in [0.25, 0.3) is 0 Å². The number of nitriles is 2. The minimum Gasteiger partial charge on any atom is -0.456 e. The molecule has 2 aromatic carbocycles. The van der Waals surface area contributed by atoms with Gasteiger partial charge in [0, 0.05) is 5.39 Å². The number of rotatable bonds is 3. The monoisotopic (exact) mass is 325 g/mol. The molecule has 0 radical (unpaired) electrons. The molecule has 0 spiro atoms. The molecule has 0 bridgehead atoms. The largest absolute Gasteiger partial charge is 0.456 e. The second-order valence-corrected chi connectivity index (χ2v) is 5.49. The number of hydrogen-bond acceptors (Lipinski definition) is 5. The molecule has 118 valence electrons. The van der Waals surface area contributed by atoms with Crippen LogP contribution in [0.2, 0.25) is 0 Å². The summed E-state index contributed by atoms with van der Waals surface area (Å²) in [5.74, 6) is 0.509. The molecule has 4 aromatic rings. The van der Waals surface area contributed by atoms with Crippen molar-refractivity contribution >= 4 is 11.0 Å². The normalized spacial score (nSPS) is 10.5. The maximum Gasteiger partial charge on any atom is 0.138 e. The van der Waals surface area contributed by atoms with E-state index < -0.39 is 0 Å². The molecule has 2 aromatic heterocycles. The van der Waals surface area contributed by atoms with Crippen molar-refractivity contribution < 1.29 is 4.42 Å². The Morgan fingerprint density at radius 3 is 2.68 bits per heavy atom. The summed E-state index contributed by atoms with van der Waals surface area (Å²) in [4.78, 5) is 3.92. The van der Waals surface area contributed by atoms with Gasteiger partial charge in [-0.25, -0.2) is 9.67 Å². The van der Waals surface area contributed by atoms with Gasteiger partial charge in [-0.2, -0.15) is 15.6 Å². The Labute approximate surface area is 143 Å². The summed E-state index contributed by atoms with van der Waals surface area (Å²) in [7, 11) is 0. The van der Waals surface area contributed by atoms with Crippen molar-refractivity contribution in [1.29, 1.82) is 10.5 Å². The highest BCUT2D eigenvalue weighted by Gasteiger charge is 2.19. The second-order valence-electron chi connectivity index (χ2n) is 5.49. The highest BCUT2D eigenvalue weighted by molar-refractivity contribution is 5.86. The predicted molar refractivity (Wildman–Crippen MR) is 90.2 cm³/mol. The van der Waals surface area contributed by atoms with Gasteiger partial charge in [0.1, 0.15) is 30.1 Å².